The van der Waals surface area contributed by atoms with Gasteiger partial charge in [-0.05, 0) is 18.2 Å². The van der Waals surface area contributed by atoms with Gasteiger partial charge in [-0.15, -0.1) is 11.3 Å². The van der Waals surface area contributed by atoms with Gasteiger partial charge in [0.2, 0.25) is 4.34 Å². The van der Waals surface area contributed by atoms with E-state index in [2.05, 4.69) is 4.98 Å². The molecule has 1 aromatic heterocycles. The molecular weight excluding hydrogens is 342 g/mol. The number of hydrogen-bond donors (Lipinski definition) is 3. The summed E-state index contributed by atoms with van der Waals surface area (Å²) in [5.41, 5.74) is 6.55. The summed E-state index contributed by atoms with van der Waals surface area (Å²) in [6.07, 6.45) is 2.03. The molecule has 0 aliphatic carbocycles. The third-order valence-electron chi connectivity index (χ3n) is 2.61. The van der Waals surface area contributed by atoms with Gasteiger partial charge in [-0.25, -0.2) is 24.4 Å². The van der Waals surface area contributed by atoms with Gasteiger partial charge in [-0.1, -0.05) is 0 Å². The molecule has 2 rings (SSSR count). The molecule has 0 atom stereocenters. The minimum Gasteiger partial charge on any atom is -0.487 e. The highest BCUT2D eigenvalue weighted by Gasteiger charge is 2.14. The summed E-state index contributed by atoms with van der Waals surface area (Å²) in [5.74, 6) is 5.97. The van der Waals surface area contributed by atoms with E-state index in [-0.39, 0.29) is 17.5 Å². The number of carbonyl (C=O) groups excluding carboxylic acids is 1. The van der Waals surface area contributed by atoms with Gasteiger partial charge in [0.15, 0.2) is 0 Å². The average Bonchev–Trinajstić information content (AvgIpc) is 2.88. The molecule has 9 nitrogen and oxygen atoms in total. The van der Waals surface area contributed by atoms with E-state index in [0.717, 1.165) is 16.3 Å². The van der Waals surface area contributed by atoms with E-state index < -0.39 is 10.0 Å². The Kier molecular flexibility index (Phi) is 5.15. The van der Waals surface area contributed by atoms with Gasteiger partial charge in [0.25, 0.3) is 10.0 Å². The fourth-order valence-electron chi connectivity index (χ4n) is 1.65. The van der Waals surface area contributed by atoms with Crippen molar-refractivity contribution in [1.82, 2.24) is 9.99 Å². The summed E-state index contributed by atoms with van der Waals surface area (Å²) >= 11 is 0.953. The fourth-order valence-corrected chi connectivity index (χ4v) is 3.34. The van der Waals surface area contributed by atoms with Crippen LogP contribution in [0.5, 0.6) is 5.75 Å². The molecule has 0 unspecified atom stereocenters. The second kappa shape index (κ2) is 6.91. The molecule has 2 aromatic rings. The number of benzene rings is 1. The van der Waals surface area contributed by atoms with Crippen LogP contribution in [0, 0.1) is 0 Å². The Labute approximate surface area is 136 Å². The number of nitrogens with zero attached hydrogens (tertiary/aromatic N) is 2. The number of hydrazine groups is 1. The fraction of sp³-hybridized carbons (Fsp3) is 0.167. The molecule has 0 amide bonds. The Balaban J connectivity index is 2.11. The Morgan fingerprint density at radius 3 is 2.83 bits per heavy atom. The van der Waals surface area contributed by atoms with E-state index >= 15 is 0 Å². The van der Waals surface area contributed by atoms with Crippen molar-refractivity contribution < 1.29 is 17.9 Å². The van der Waals surface area contributed by atoms with Crippen LogP contribution < -0.4 is 21.5 Å². The zero-order valence-corrected chi connectivity index (χ0v) is 13.5. The minimum atomic E-state index is -3.83. The number of carbonyl (C=O) groups is 1. The molecule has 0 saturated heterocycles. The van der Waals surface area contributed by atoms with Crippen LogP contribution in [0.4, 0.5) is 0 Å². The molecule has 23 heavy (non-hydrogen) atoms. The van der Waals surface area contributed by atoms with E-state index in [1.807, 2.05) is 0 Å². The number of sulfonamides is 1. The Morgan fingerprint density at radius 1 is 1.43 bits per heavy atom. The lowest BCUT2D eigenvalue weighted by Crippen LogP contribution is -2.29. The Morgan fingerprint density at radius 2 is 2.17 bits per heavy atom. The molecule has 0 fully saturated rings. The lowest BCUT2D eigenvalue weighted by atomic mass is 10.3. The van der Waals surface area contributed by atoms with Crippen LogP contribution in [0.25, 0.3) is 10.2 Å². The van der Waals surface area contributed by atoms with Crippen molar-refractivity contribution in [3.05, 3.63) is 30.1 Å². The molecule has 6 N–H and O–H groups in total. The minimum absolute atomic E-state index is 0.0177. The monoisotopic (exact) mass is 357 g/mol. The van der Waals surface area contributed by atoms with Crippen LogP contribution in [-0.2, 0) is 14.8 Å². The van der Waals surface area contributed by atoms with Crippen LogP contribution in [-0.4, -0.2) is 37.8 Å². The second-order valence-electron chi connectivity index (χ2n) is 4.51. The molecular formula is C12H15N5O4S2. The van der Waals surface area contributed by atoms with Crippen molar-refractivity contribution in [3.63, 3.8) is 0 Å². The number of hydrogen-bond acceptors (Lipinski definition) is 9. The van der Waals surface area contributed by atoms with Crippen LogP contribution in [0.1, 0.15) is 0 Å². The number of primary sulfonamides is 1. The summed E-state index contributed by atoms with van der Waals surface area (Å²) in [6.45, 7) is 0.0722. The van der Waals surface area contributed by atoms with Crippen molar-refractivity contribution in [2.24, 2.45) is 16.7 Å². The largest absolute Gasteiger partial charge is 0.487 e. The van der Waals surface area contributed by atoms with Crippen LogP contribution >= 0.6 is 11.3 Å². The highest BCUT2D eigenvalue weighted by Crippen LogP contribution is 2.28. The first kappa shape index (κ1) is 17.1. The summed E-state index contributed by atoms with van der Waals surface area (Å²) in [7, 11) is -3.83. The first-order valence-electron chi connectivity index (χ1n) is 6.27. The van der Waals surface area contributed by atoms with Crippen molar-refractivity contribution in [1.29, 1.82) is 0 Å². The maximum absolute atomic E-state index is 11.3. The van der Waals surface area contributed by atoms with E-state index in [4.69, 9.17) is 21.5 Å². The van der Waals surface area contributed by atoms with Gasteiger partial charge < -0.3 is 20.3 Å². The zero-order valence-electron chi connectivity index (χ0n) is 11.9. The van der Waals surface area contributed by atoms with Crippen molar-refractivity contribution in [2.45, 2.75) is 4.34 Å². The topological polar surface area (TPSA) is 155 Å². The van der Waals surface area contributed by atoms with Crippen molar-refractivity contribution in [3.8, 4) is 5.75 Å². The van der Waals surface area contributed by atoms with Crippen LogP contribution in [0.2, 0.25) is 0 Å². The molecule has 0 aliphatic heterocycles. The van der Waals surface area contributed by atoms with Crippen LogP contribution in [0.3, 0.4) is 0 Å². The Hall–Kier alpha value is -2.21. The molecule has 11 heteroatoms. The van der Waals surface area contributed by atoms with Crippen molar-refractivity contribution >= 4 is 37.9 Å². The molecule has 0 spiro atoms. The summed E-state index contributed by atoms with van der Waals surface area (Å²) < 4.78 is 28.5. The number of aromatic nitrogens is 1. The third kappa shape index (κ3) is 4.63. The average molecular weight is 357 g/mol. The quantitative estimate of drug-likeness (QED) is 0.340. The number of ether oxygens (including phenoxy) is 1. The normalized spacial score (nSPS) is 12.3. The first-order valence-corrected chi connectivity index (χ1v) is 8.63. The van der Waals surface area contributed by atoms with Gasteiger partial charge in [0.1, 0.15) is 18.6 Å². The number of fused-ring (bicyclic) bond motifs is 1. The van der Waals surface area contributed by atoms with E-state index in [9.17, 15) is 13.2 Å². The summed E-state index contributed by atoms with van der Waals surface area (Å²) in [6, 6.07) is 4.89. The SMILES string of the molecule is N/C(=C\N(N)CC=O)COc1ccc2nc(S(N)(=O)=O)sc2c1. The highest BCUT2D eigenvalue weighted by molar-refractivity contribution is 7.91. The van der Waals surface area contributed by atoms with Gasteiger partial charge >= 0.3 is 0 Å². The molecule has 0 aliphatic rings. The second-order valence-corrected chi connectivity index (χ2v) is 7.28. The maximum atomic E-state index is 11.3. The van der Waals surface area contributed by atoms with Gasteiger partial charge in [-0.3, -0.25) is 0 Å². The highest BCUT2D eigenvalue weighted by atomic mass is 32.2. The molecule has 0 saturated carbocycles. The Bertz CT molecular complexity index is 846. The first-order chi connectivity index (χ1) is 10.8. The van der Waals surface area contributed by atoms with Crippen LogP contribution in [0.15, 0.2) is 34.4 Å². The van der Waals surface area contributed by atoms with E-state index in [1.165, 1.54) is 6.20 Å². The number of aldehydes is 1. The third-order valence-corrected chi connectivity index (χ3v) is 4.94. The summed E-state index contributed by atoms with van der Waals surface area (Å²) in [5, 5.41) is 6.19. The zero-order chi connectivity index (χ0) is 17.0. The molecule has 124 valence electrons. The molecule has 1 heterocycles. The maximum Gasteiger partial charge on any atom is 0.265 e. The van der Waals surface area contributed by atoms with Gasteiger partial charge in [0, 0.05) is 6.20 Å². The number of nitrogens with two attached hydrogens (primary N) is 3. The van der Waals surface area contributed by atoms with E-state index in [1.54, 1.807) is 18.2 Å². The van der Waals surface area contributed by atoms with E-state index in [0.29, 0.717) is 27.9 Å². The predicted octanol–water partition coefficient (Wildman–Crippen LogP) is -0.503. The standard InChI is InChI=1S/C12H15N5O4S2/c13-8(6-17(14)3-4-18)7-21-9-1-2-10-11(5-9)22-12(16-10)23(15,19)20/h1-2,4-6H,3,7,13-14H2,(H2,15,19,20)/b8-6-. The predicted molar refractivity (Wildman–Crippen MR) is 85.7 cm³/mol. The molecule has 1 aromatic carbocycles. The molecule has 0 radical (unpaired) electrons. The number of rotatable bonds is 7. The summed E-state index contributed by atoms with van der Waals surface area (Å²) in [4.78, 5) is 14.2. The van der Waals surface area contributed by atoms with Gasteiger partial charge in [-0.2, -0.15) is 0 Å². The van der Waals surface area contributed by atoms with Gasteiger partial charge in [0.05, 0.1) is 22.5 Å². The molecule has 0 bridgehead atoms. The lowest BCUT2D eigenvalue weighted by molar-refractivity contribution is -0.108. The number of thiazole rings is 1. The van der Waals surface area contributed by atoms with Crippen molar-refractivity contribution in [2.75, 3.05) is 13.2 Å². The lowest BCUT2D eigenvalue weighted by Gasteiger charge is -2.12. The smallest absolute Gasteiger partial charge is 0.265 e.